The van der Waals surface area contributed by atoms with E-state index < -0.39 is 11.7 Å². The molecule has 164 valence electrons. The normalized spacial score (nSPS) is 11.4. The maximum atomic E-state index is 13.0. The summed E-state index contributed by atoms with van der Waals surface area (Å²) in [6.07, 6.45) is 1.35. The lowest BCUT2D eigenvalue weighted by Crippen LogP contribution is -2.36. The molecule has 0 heterocycles. The number of anilines is 1. The van der Waals surface area contributed by atoms with E-state index >= 15 is 0 Å². The first-order valence-electron chi connectivity index (χ1n) is 10.2. The summed E-state index contributed by atoms with van der Waals surface area (Å²) in [6, 6.07) is 14.7. The molecule has 0 bridgehead atoms. The fraction of sp³-hybridized carbons (Fsp3) is 0.400. The molecule has 2 rings (SSSR count). The summed E-state index contributed by atoms with van der Waals surface area (Å²) in [5, 5.41) is 8.89. The van der Waals surface area contributed by atoms with Gasteiger partial charge in [0.15, 0.2) is 6.19 Å². The van der Waals surface area contributed by atoms with E-state index in [1.54, 1.807) is 35.4 Å². The van der Waals surface area contributed by atoms with Crippen LogP contribution >= 0.6 is 0 Å². The minimum absolute atomic E-state index is 0.00817. The van der Waals surface area contributed by atoms with Gasteiger partial charge in [-0.15, -0.1) is 0 Å². The predicted molar refractivity (Wildman–Crippen MR) is 122 cm³/mol. The standard InChI is InChI=1S/C25H31N3O3/c1-24(2,3)20-12-14-21(15-13-20)28(23(30)31-25(4,5)6)16-18-8-10-19(11-9-18)22(29)27(7)17-26/h8-15H,16H2,1-7H3. The molecule has 0 aliphatic rings. The Bertz CT molecular complexity index is 960. The van der Waals surface area contributed by atoms with Gasteiger partial charge in [0.1, 0.15) is 5.60 Å². The van der Waals surface area contributed by atoms with Gasteiger partial charge in [-0.05, 0) is 61.6 Å². The van der Waals surface area contributed by atoms with Crippen molar-refractivity contribution in [3.8, 4) is 6.19 Å². The number of rotatable bonds is 4. The van der Waals surface area contributed by atoms with Crippen molar-refractivity contribution in [3.63, 3.8) is 0 Å². The summed E-state index contributed by atoms with van der Waals surface area (Å²) in [6.45, 7) is 12.2. The molecule has 6 heteroatoms. The molecule has 0 atom stereocenters. The second-order valence-corrected chi connectivity index (χ2v) is 9.52. The van der Waals surface area contributed by atoms with Crippen molar-refractivity contribution in [2.45, 2.75) is 59.1 Å². The van der Waals surface area contributed by atoms with E-state index in [1.165, 1.54) is 12.6 Å². The minimum atomic E-state index is -0.626. The zero-order valence-electron chi connectivity index (χ0n) is 19.4. The average molecular weight is 422 g/mol. The first kappa shape index (κ1) is 23.9. The maximum absolute atomic E-state index is 13.0. The number of carbonyl (C=O) groups excluding carboxylic acids is 2. The number of hydrogen-bond donors (Lipinski definition) is 0. The molecule has 2 aromatic carbocycles. The molecule has 31 heavy (non-hydrogen) atoms. The molecule has 0 fully saturated rings. The first-order valence-corrected chi connectivity index (χ1v) is 10.2. The Hall–Kier alpha value is -3.33. The summed E-state index contributed by atoms with van der Waals surface area (Å²) in [4.78, 5) is 27.6. The Balaban J connectivity index is 2.32. The van der Waals surface area contributed by atoms with Crippen LogP contribution < -0.4 is 4.90 Å². The third-order valence-corrected chi connectivity index (χ3v) is 4.66. The quantitative estimate of drug-likeness (QED) is 0.484. The van der Waals surface area contributed by atoms with Crippen LogP contribution in [-0.2, 0) is 16.7 Å². The fourth-order valence-electron chi connectivity index (χ4n) is 2.89. The van der Waals surface area contributed by atoms with Gasteiger partial charge in [0, 0.05) is 18.3 Å². The highest BCUT2D eigenvalue weighted by Crippen LogP contribution is 2.27. The Morgan fingerprint density at radius 2 is 1.48 bits per heavy atom. The van der Waals surface area contributed by atoms with E-state index in [-0.39, 0.29) is 17.9 Å². The lowest BCUT2D eigenvalue weighted by Gasteiger charge is -2.28. The van der Waals surface area contributed by atoms with Crippen LogP contribution in [0.2, 0.25) is 0 Å². The number of amides is 2. The fourth-order valence-corrected chi connectivity index (χ4v) is 2.89. The van der Waals surface area contributed by atoms with E-state index in [1.807, 2.05) is 45.0 Å². The second kappa shape index (κ2) is 9.22. The first-order chi connectivity index (χ1) is 14.3. The monoisotopic (exact) mass is 421 g/mol. The molecule has 0 N–H and O–H groups in total. The topological polar surface area (TPSA) is 73.6 Å². The molecular formula is C25H31N3O3. The van der Waals surface area contributed by atoms with Crippen molar-refractivity contribution in [1.29, 1.82) is 5.26 Å². The third-order valence-electron chi connectivity index (χ3n) is 4.66. The molecule has 0 saturated carbocycles. The molecule has 2 amide bonds. The van der Waals surface area contributed by atoms with Gasteiger partial charge in [-0.1, -0.05) is 45.0 Å². The van der Waals surface area contributed by atoms with Gasteiger partial charge >= 0.3 is 6.09 Å². The minimum Gasteiger partial charge on any atom is -0.443 e. The molecule has 2 aromatic rings. The van der Waals surface area contributed by atoms with Crippen LogP contribution in [0.5, 0.6) is 0 Å². The number of ether oxygens (including phenoxy) is 1. The van der Waals surface area contributed by atoms with Crippen LogP contribution in [-0.4, -0.2) is 29.5 Å². The zero-order chi connectivity index (χ0) is 23.4. The maximum Gasteiger partial charge on any atom is 0.415 e. The zero-order valence-corrected chi connectivity index (χ0v) is 19.4. The molecule has 0 aliphatic carbocycles. The van der Waals surface area contributed by atoms with Gasteiger partial charge in [-0.3, -0.25) is 9.69 Å². The molecule has 0 saturated heterocycles. The lowest BCUT2D eigenvalue weighted by atomic mass is 9.87. The second-order valence-electron chi connectivity index (χ2n) is 9.52. The van der Waals surface area contributed by atoms with Crippen molar-refractivity contribution in [1.82, 2.24) is 4.90 Å². The van der Waals surface area contributed by atoms with Gasteiger partial charge in [-0.25, -0.2) is 9.69 Å². The Morgan fingerprint density at radius 1 is 0.935 bits per heavy atom. The van der Waals surface area contributed by atoms with Crippen molar-refractivity contribution in [2.75, 3.05) is 11.9 Å². The van der Waals surface area contributed by atoms with Crippen molar-refractivity contribution in [2.24, 2.45) is 0 Å². The summed E-state index contributed by atoms with van der Waals surface area (Å²) in [5.74, 6) is -0.379. The number of nitrogens with zero attached hydrogens (tertiary/aromatic N) is 3. The van der Waals surface area contributed by atoms with Crippen molar-refractivity contribution >= 4 is 17.7 Å². The highest BCUT2D eigenvalue weighted by molar-refractivity contribution is 5.95. The van der Waals surface area contributed by atoms with Gasteiger partial charge in [-0.2, -0.15) is 5.26 Å². The highest BCUT2D eigenvalue weighted by Gasteiger charge is 2.24. The van der Waals surface area contributed by atoms with Crippen LogP contribution in [0.25, 0.3) is 0 Å². The Morgan fingerprint density at radius 3 is 1.94 bits per heavy atom. The number of nitriles is 1. The van der Waals surface area contributed by atoms with Crippen LogP contribution in [0.1, 0.15) is 63.0 Å². The summed E-state index contributed by atoms with van der Waals surface area (Å²) in [5.41, 5.74) is 2.53. The molecule has 0 aliphatic heterocycles. The van der Waals surface area contributed by atoms with Gasteiger partial charge in [0.25, 0.3) is 5.91 Å². The van der Waals surface area contributed by atoms with Crippen LogP contribution in [0, 0.1) is 11.5 Å². The lowest BCUT2D eigenvalue weighted by molar-refractivity contribution is 0.0577. The highest BCUT2D eigenvalue weighted by atomic mass is 16.6. The number of benzene rings is 2. The summed E-state index contributed by atoms with van der Waals surface area (Å²) < 4.78 is 5.62. The predicted octanol–water partition coefficient (Wildman–Crippen LogP) is 5.48. The molecular weight excluding hydrogens is 390 g/mol. The Kier molecular flexibility index (Phi) is 7.12. The Labute approximate surface area is 185 Å². The molecule has 0 aromatic heterocycles. The van der Waals surface area contributed by atoms with Gasteiger partial charge in [0.2, 0.25) is 0 Å². The van der Waals surface area contributed by atoms with Crippen LogP contribution in [0.4, 0.5) is 10.5 Å². The van der Waals surface area contributed by atoms with Gasteiger partial charge < -0.3 is 4.74 Å². The number of carbonyl (C=O) groups is 2. The smallest absolute Gasteiger partial charge is 0.415 e. The number of hydrogen-bond acceptors (Lipinski definition) is 4. The van der Waals surface area contributed by atoms with Crippen LogP contribution in [0.15, 0.2) is 48.5 Å². The summed E-state index contributed by atoms with van der Waals surface area (Å²) >= 11 is 0. The molecule has 0 spiro atoms. The van der Waals surface area contributed by atoms with E-state index in [9.17, 15) is 9.59 Å². The summed E-state index contributed by atoms with van der Waals surface area (Å²) in [7, 11) is 1.42. The average Bonchev–Trinajstić information content (AvgIpc) is 2.69. The third kappa shape index (κ3) is 6.58. The largest absolute Gasteiger partial charge is 0.443 e. The molecule has 0 radical (unpaired) electrons. The van der Waals surface area contributed by atoms with E-state index in [0.717, 1.165) is 16.2 Å². The van der Waals surface area contributed by atoms with Crippen LogP contribution in [0.3, 0.4) is 0 Å². The van der Waals surface area contributed by atoms with Gasteiger partial charge in [0.05, 0.1) is 6.54 Å². The van der Waals surface area contributed by atoms with Crippen molar-refractivity contribution in [3.05, 3.63) is 65.2 Å². The van der Waals surface area contributed by atoms with Crippen molar-refractivity contribution < 1.29 is 14.3 Å². The SMILES string of the molecule is CN(C#N)C(=O)c1ccc(CN(C(=O)OC(C)(C)C)c2ccc(C(C)(C)C)cc2)cc1. The molecule has 6 nitrogen and oxygen atoms in total. The molecule has 0 unspecified atom stereocenters. The van der Waals surface area contributed by atoms with E-state index in [0.29, 0.717) is 5.56 Å². The van der Waals surface area contributed by atoms with E-state index in [2.05, 4.69) is 20.8 Å². The van der Waals surface area contributed by atoms with E-state index in [4.69, 9.17) is 10.00 Å².